The van der Waals surface area contributed by atoms with Gasteiger partial charge in [0.25, 0.3) is 0 Å². The molecule has 1 fully saturated rings. The number of carbonyl (C=O) groups is 1. The van der Waals surface area contributed by atoms with Gasteiger partial charge < -0.3 is 15.8 Å². The van der Waals surface area contributed by atoms with Crippen molar-refractivity contribution >= 4 is 18.3 Å². The fraction of sp³-hybridized carbons (Fsp3) is 0.632. The van der Waals surface area contributed by atoms with E-state index in [4.69, 9.17) is 10.5 Å². The predicted octanol–water partition coefficient (Wildman–Crippen LogP) is 3.52. The molecule has 1 saturated carbocycles. The van der Waals surface area contributed by atoms with E-state index in [2.05, 4.69) is 5.32 Å². The van der Waals surface area contributed by atoms with Gasteiger partial charge in [0.2, 0.25) is 5.91 Å². The Kier molecular flexibility index (Phi) is 9.34. The molecule has 1 amide bonds. The topological polar surface area (TPSA) is 64.3 Å². The monoisotopic (exact) mass is 354 g/mol. The van der Waals surface area contributed by atoms with Gasteiger partial charge in [-0.15, -0.1) is 12.4 Å². The highest BCUT2D eigenvalue weighted by molar-refractivity contribution is 5.85. The lowest BCUT2D eigenvalue weighted by Gasteiger charge is -2.23. The van der Waals surface area contributed by atoms with Gasteiger partial charge in [0, 0.05) is 13.2 Å². The minimum absolute atomic E-state index is 0. The maximum Gasteiger partial charge on any atom is 0.241 e. The molecular formula is C19H31ClN2O2. The van der Waals surface area contributed by atoms with Crippen molar-refractivity contribution in [3.05, 3.63) is 35.4 Å². The third kappa shape index (κ3) is 6.08. The van der Waals surface area contributed by atoms with Crippen molar-refractivity contribution in [1.29, 1.82) is 0 Å². The molecule has 4 nitrogen and oxygen atoms in total. The molecule has 2 unspecified atom stereocenters. The summed E-state index contributed by atoms with van der Waals surface area (Å²) in [4.78, 5) is 12.2. The van der Waals surface area contributed by atoms with Crippen molar-refractivity contribution in [3.63, 3.8) is 0 Å². The van der Waals surface area contributed by atoms with E-state index in [0.29, 0.717) is 12.5 Å². The van der Waals surface area contributed by atoms with Crippen molar-refractivity contribution in [3.8, 4) is 0 Å². The van der Waals surface area contributed by atoms with E-state index in [9.17, 15) is 4.79 Å². The van der Waals surface area contributed by atoms with Crippen molar-refractivity contribution in [2.75, 3.05) is 13.2 Å². The zero-order valence-corrected chi connectivity index (χ0v) is 15.6. The molecule has 0 radical (unpaired) electrons. The minimum atomic E-state index is -0.604. The molecule has 2 atom stereocenters. The Morgan fingerprint density at radius 2 is 1.92 bits per heavy atom. The summed E-state index contributed by atoms with van der Waals surface area (Å²) >= 11 is 0. The summed E-state index contributed by atoms with van der Waals surface area (Å²) in [6, 6.07) is 7.19. The smallest absolute Gasteiger partial charge is 0.241 e. The molecule has 0 aromatic heterocycles. The Hall–Kier alpha value is -1.10. The molecule has 0 bridgehead atoms. The molecular weight excluding hydrogens is 324 g/mol. The van der Waals surface area contributed by atoms with Gasteiger partial charge in [0.15, 0.2) is 0 Å². The third-order valence-electron chi connectivity index (χ3n) is 4.75. The highest BCUT2D eigenvalue weighted by atomic mass is 35.5. The molecule has 0 aliphatic heterocycles. The van der Waals surface area contributed by atoms with E-state index in [1.54, 1.807) is 0 Å². The van der Waals surface area contributed by atoms with Crippen LogP contribution >= 0.6 is 12.4 Å². The maximum atomic E-state index is 12.2. The maximum absolute atomic E-state index is 12.2. The molecule has 1 aliphatic carbocycles. The number of ether oxygens (including phenoxy) is 1. The van der Waals surface area contributed by atoms with Gasteiger partial charge in [-0.2, -0.15) is 0 Å². The number of rotatable bonds is 8. The highest BCUT2D eigenvalue weighted by Crippen LogP contribution is 2.30. The van der Waals surface area contributed by atoms with Crippen LogP contribution in [0, 0.1) is 12.8 Å². The summed E-state index contributed by atoms with van der Waals surface area (Å²) in [7, 11) is 0. The van der Waals surface area contributed by atoms with Gasteiger partial charge in [0.05, 0.1) is 6.10 Å². The molecule has 0 spiro atoms. The van der Waals surface area contributed by atoms with Crippen LogP contribution in [0.2, 0.25) is 0 Å². The molecule has 5 heteroatoms. The molecule has 2 rings (SSSR count). The first-order chi connectivity index (χ1) is 11.1. The van der Waals surface area contributed by atoms with Crippen LogP contribution in [0.25, 0.3) is 0 Å². The lowest BCUT2D eigenvalue weighted by atomic mass is 9.98. The summed E-state index contributed by atoms with van der Waals surface area (Å²) < 4.78 is 5.88. The molecule has 1 aliphatic rings. The van der Waals surface area contributed by atoms with Crippen LogP contribution in [0.3, 0.4) is 0 Å². The zero-order chi connectivity index (χ0) is 16.7. The van der Waals surface area contributed by atoms with Gasteiger partial charge in [-0.25, -0.2) is 0 Å². The number of carbonyl (C=O) groups excluding carboxylic acids is 1. The lowest BCUT2D eigenvalue weighted by Crippen LogP contribution is -2.36. The van der Waals surface area contributed by atoms with E-state index in [1.807, 2.05) is 38.1 Å². The fourth-order valence-electron chi connectivity index (χ4n) is 3.37. The Labute approximate surface area is 151 Å². The van der Waals surface area contributed by atoms with Crippen molar-refractivity contribution in [2.24, 2.45) is 11.7 Å². The van der Waals surface area contributed by atoms with Crippen LogP contribution in [-0.2, 0) is 9.53 Å². The summed E-state index contributed by atoms with van der Waals surface area (Å²) in [5, 5.41) is 2.96. The van der Waals surface area contributed by atoms with Crippen LogP contribution in [0.1, 0.15) is 56.2 Å². The van der Waals surface area contributed by atoms with Crippen molar-refractivity contribution in [2.45, 2.75) is 58.1 Å². The number of hydrogen-bond donors (Lipinski definition) is 2. The summed E-state index contributed by atoms with van der Waals surface area (Å²) in [5.41, 5.74) is 8.06. The molecule has 3 N–H and O–H groups in total. The third-order valence-corrected chi connectivity index (χ3v) is 4.75. The van der Waals surface area contributed by atoms with E-state index >= 15 is 0 Å². The number of hydrogen-bond acceptors (Lipinski definition) is 3. The predicted molar refractivity (Wildman–Crippen MR) is 100 cm³/mol. The van der Waals surface area contributed by atoms with Crippen LogP contribution < -0.4 is 11.1 Å². The van der Waals surface area contributed by atoms with Gasteiger partial charge in [-0.3, -0.25) is 4.79 Å². The Bertz CT molecular complexity index is 487. The SMILES string of the molecule is CCOC(CCNC(=O)C(N)c1ccc(C)cc1)C1CCCC1.Cl. The quantitative estimate of drug-likeness (QED) is 0.750. The first-order valence-electron chi connectivity index (χ1n) is 8.83. The zero-order valence-electron chi connectivity index (χ0n) is 14.8. The Balaban J connectivity index is 0.00000288. The average molecular weight is 355 g/mol. The van der Waals surface area contributed by atoms with Crippen molar-refractivity contribution < 1.29 is 9.53 Å². The number of amides is 1. The van der Waals surface area contributed by atoms with Gasteiger partial charge in [0.1, 0.15) is 6.04 Å². The van der Waals surface area contributed by atoms with E-state index in [-0.39, 0.29) is 24.4 Å². The van der Waals surface area contributed by atoms with Gasteiger partial charge in [-0.1, -0.05) is 42.7 Å². The molecule has 0 saturated heterocycles. The fourth-order valence-corrected chi connectivity index (χ4v) is 3.37. The average Bonchev–Trinajstić information content (AvgIpc) is 3.08. The molecule has 0 heterocycles. The van der Waals surface area contributed by atoms with Crippen LogP contribution in [0.5, 0.6) is 0 Å². The normalized spacial score (nSPS) is 17.1. The second-order valence-corrected chi connectivity index (χ2v) is 6.51. The first-order valence-corrected chi connectivity index (χ1v) is 8.83. The number of nitrogens with one attached hydrogen (secondary N) is 1. The van der Waals surface area contributed by atoms with Crippen LogP contribution in [0.15, 0.2) is 24.3 Å². The number of aryl methyl sites for hydroxylation is 1. The largest absolute Gasteiger partial charge is 0.378 e. The second kappa shape index (κ2) is 10.7. The molecule has 1 aromatic rings. The van der Waals surface area contributed by atoms with Crippen molar-refractivity contribution in [1.82, 2.24) is 5.32 Å². The standard InChI is InChI=1S/C19H30N2O2.ClH/c1-3-23-17(15-6-4-5-7-15)12-13-21-19(22)18(20)16-10-8-14(2)9-11-16;/h8-11,15,17-18H,3-7,12-13,20H2,1-2H3,(H,21,22);1H. The van der Waals surface area contributed by atoms with E-state index in [1.165, 1.54) is 25.7 Å². The van der Waals surface area contributed by atoms with E-state index in [0.717, 1.165) is 24.2 Å². The molecule has 24 heavy (non-hydrogen) atoms. The molecule has 136 valence electrons. The number of nitrogens with two attached hydrogens (primary N) is 1. The van der Waals surface area contributed by atoms with Gasteiger partial charge in [-0.05, 0) is 44.6 Å². The van der Waals surface area contributed by atoms with Crippen LogP contribution in [-0.4, -0.2) is 25.2 Å². The summed E-state index contributed by atoms with van der Waals surface area (Å²) in [6.45, 7) is 5.41. The number of benzene rings is 1. The second-order valence-electron chi connectivity index (χ2n) is 6.51. The Morgan fingerprint density at radius 1 is 1.29 bits per heavy atom. The Morgan fingerprint density at radius 3 is 2.50 bits per heavy atom. The summed E-state index contributed by atoms with van der Waals surface area (Å²) in [5.74, 6) is 0.535. The number of halogens is 1. The molecule has 1 aromatic carbocycles. The minimum Gasteiger partial charge on any atom is -0.378 e. The van der Waals surface area contributed by atoms with Crippen LogP contribution in [0.4, 0.5) is 0 Å². The summed E-state index contributed by atoms with van der Waals surface area (Å²) in [6.07, 6.45) is 6.24. The first kappa shape index (κ1) is 20.9. The highest BCUT2D eigenvalue weighted by Gasteiger charge is 2.25. The lowest BCUT2D eigenvalue weighted by molar-refractivity contribution is -0.122. The van der Waals surface area contributed by atoms with E-state index < -0.39 is 6.04 Å². The van der Waals surface area contributed by atoms with Gasteiger partial charge >= 0.3 is 0 Å².